The van der Waals surface area contributed by atoms with E-state index in [1.165, 1.54) is 29.1 Å². The minimum Gasteiger partial charge on any atom is -0.380 e. The van der Waals surface area contributed by atoms with Crippen LogP contribution in [0, 0.1) is 0 Å². The third-order valence-corrected chi connectivity index (χ3v) is 2.48. The molecule has 2 heterocycles. The first kappa shape index (κ1) is 12.6. The molecular weight excluding hydrogens is 247 g/mol. The zero-order valence-electron chi connectivity index (χ0n) is 9.39. The minimum atomic E-state index is -4.53. The number of pyridine rings is 1. The van der Waals surface area contributed by atoms with Crippen molar-refractivity contribution in [1.82, 2.24) is 14.8 Å². The van der Waals surface area contributed by atoms with Gasteiger partial charge < -0.3 is 5.11 Å². The lowest BCUT2D eigenvalue weighted by molar-refractivity contribution is -0.141. The van der Waals surface area contributed by atoms with E-state index in [2.05, 4.69) is 10.1 Å². The van der Waals surface area contributed by atoms with E-state index in [-0.39, 0.29) is 5.69 Å². The van der Waals surface area contributed by atoms with Crippen molar-refractivity contribution in [1.29, 1.82) is 0 Å². The Morgan fingerprint density at radius 3 is 2.56 bits per heavy atom. The highest BCUT2D eigenvalue weighted by Gasteiger charge is 2.33. The second kappa shape index (κ2) is 4.41. The summed E-state index contributed by atoms with van der Waals surface area (Å²) in [6, 6.07) is 4.93. The van der Waals surface area contributed by atoms with Crippen molar-refractivity contribution in [2.45, 2.75) is 12.3 Å². The van der Waals surface area contributed by atoms with E-state index >= 15 is 0 Å². The third kappa shape index (κ3) is 2.35. The number of alkyl halides is 3. The van der Waals surface area contributed by atoms with Gasteiger partial charge in [-0.15, -0.1) is 0 Å². The van der Waals surface area contributed by atoms with E-state index < -0.39 is 18.0 Å². The highest BCUT2D eigenvalue weighted by molar-refractivity contribution is 5.22. The number of halogens is 3. The van der Waals surface area contributed by atoms with Gasteiger partial charge >= 0.3 is 6.18 Å². The third-order valence-electron chi connectivity index (χ3n) is 2.48. The van der Waals surface area contributed by atoms with Crippen LogP contribution in [0.3, 0.4) is 0 Å². The Balaban J connectivity index is 2.38. The summed E-state index contributed by atoms with van der Waals surface area (Å²) < 4.78 is 38.9. The van der Waals surface area contributed by atoms with Crippen molar-refractivity contribution >= 4 is 0 Å². The Morgan fingerprint density at radius 2 is 2.00 bits per heavy atom. The first-order valence-electron chi connectivity index (χ1n) is 5.09. The van der Waals surface area contributed by atoms with Gasteiger partial charge in [0.25, 0.3) is 0 Å². The summed E-state index contributed by atoms with van der Waals surface area (Å²) in [5, 5.41) is 13.8. The maximum absolute atomic E-state index is 12.5. The predicted molar refractivity (Wildman–Crippen MR) is 56.5 cm³/mol. The molecule has 0 fully saturated rings. The Bertz CT molecular complexity index is 550. The van der Waals surface area contributed by atoms with Gasteiger partial charge in [-0.3, -0.25) is 4.68 Å². The van der Waals surface area contributed by atoms with Gasteiger partial charge in [0.1, 0.15) is 11.8 Å². The fourth-order valence-electron chi connectivity index (χ4n) is 1.57. The maximum Gasteiger partial charge on any atom is 0.433 e. The van der Waals surface area contributed by atoms with E-state index in [0.717, 1.165) is 6.07 Å². The first-order chi connectivity index (χ1) is 8.39. The number of aliphatic hydroxyl groups excluding tert-OH is 1. The topological polar surface area (TPSA) is 50.9 Å². The van der Waals surface area contributed by atoms with Crippen molar-refractivity contribution in [3.05, 3.63) is 47.5 Å². The highest BCUT2D eigenvalue weighted by atomic mass is 19.4. The number of hydrogen-bond acceptors (Lipinski definition) is 3. The van der Waals surface area contributed by atoms with Gasteiger partial charge in [-0.25, -0.2) is 4.98 Å². The summed E-state index contributed by atoms with van der Waals surface area (Å²) in [6.07, 6.45) is -4.31. The average Bonchev–Trinajstić information content (AvgIpc) is 2.73. The van der Waals surface area contributed by atoms with Crippen LogP contribution < -0.4 is 0 Å². The first-order valence-corrected chi connectivity index (χ1v) is 5.09. The molecule has 0 aliphatic carbocycles. The molecule has 1 N–H and O–H groups in total. The summed E-state index contributed by atoms with van der Waals surface area (Å²) in [6.45, 7) is 0. The number of rotatable bonds is 2. The van der Waals surface area contributed by atoms with Gasteiger partial charge in [0, 0.05) is 13.2 Å². The molecular formula is C11H10F3N3O. The van der Waals surface area contributed by atoms with E-state index in [1.807, 2.05) is 0 Å². The molecule has 2 rings (SSSR count). The molecule has 7 heteroatoms. The molecule has 0 bridgehead atoms. The van der Waals surface area contributed by atoms with Crippen LogP contribution in [0.15, 0.2) is 30.5 Å². The van der Waals surface area contributed by atoms with E-state index in [4.69, 9.17) is 0 Å². The summed E-state index contributed by atoms with van der Waals surface area (Å²) >= 11 is 0. The minimum absolute atomic E-state index is 0.0616. The lowest BCUT2D eigenvalue weighted by Gasteiger charge is -2.12. The van der Waals surface area contributed by atoms with Crippen LogP contribution in [-0.4, -0.2) is 19.9 Å². The molecule has 96 valence electrons. The number of aromatic nitrogens is 3. The van der Waals surface area contributed by atoms with E-state index in [9.17, 15) is 18.3 Å². The molecule has 0 aliphatic rings. The molecule has 0 saturated carbocycles. The molecule has 0 aliphatic heterocycles. The molecule has 1 atom stereocenters. The van der Waals surface area contributed by atoms with Crippen LogP contribution in [-0.2, 0) is 13.2 Å². The Morgan fingerprint density at radius 1 is 1.28 bits per heavy atom. The van der Waals surface area contributed by atoms with Crippen LogP contribution in [0.1, 0.15) is 23.2 Å². The summed E-state index contributed by atoms with van der Waals surface area (Å²) in [7, 11) is 1.59. The smallest absolute Gasteiger partial charge is 0.380 e. The zero-order valence-corrected chi connectivity index (χ0v) is 9.39. The van der Waals surface area contributed by atoms with Gasteiger partial charge in [-0.2, -0.15) is 18.3 Å². The monoisotopic (exact) mass is 257 g/mol. The lowest BCUT2D eigenvalue weighted by atomic mass is 10.1. The molecule has 2 aromatic heterocycles. The lowest BCUT2D eigenvalue weighted by Crippen LogP contribution is -2.13. The molecule has 0 radical (unpaired) electrons. The van der Waals surface area contributed by atoms with E-state index in [1.54, 1.807) is 7.05 Å². The molecule has 0 spiro atoms. The number of aryl methyl sites for hydroxylation is 1. The molecule has 0 amide bonds. The van der Waals surface area contributed by atoms with Crippen LogP contribution in [0.25, 0.3) is 0 Å². The quantitative estimate of drug-likeness (QED) is 0.894. The van der Waals surface area contributed by atoms with Crippen LogP contribution in [0.4, 0.5) is 13.2 Å². The summed E-state index contributed by atoms with van der Waals surface area (Å²) in [5.41, 5.74) is -0.712. The molecule has 0 aromatic carbocycles. The second-order valence-electron chi connectivity index (χ2n) is 3.73. The fraction of sp³-hybridized carbons (Fsp3) is 0.273. The van der Waals surface area contributed by atoms with E-state index in [0.29, 0.717) is 5.69 Å². The molecule has 2 aromatic rings. The normalized spacial score (nSPS) is 13.6. The van der Waals surface area contributed by atoms with Crippen molar-refractivity contribution < 1.29 is 18.3 Å². The zero-order chi connectivity index (χ0) is 13.3. The fourth-order valence-corrected chi connectivity index (χ4v) is 1.57. The van der Waals surface area contributed by atoms with Crippen molar-refractivity contribution in [3.8, 4) is 0 Å². The standard InChI is InChI=1S/C11H10F3N3O/c1-17-8(5-6-15-17)10(18)7-3-2-4-9(16-7)11(12,13)14/h2-6,10,18H,1H3. The van der Waals surface area contributed by atoms with Crippen molar-refractivity contribution in [2.75, 3.05) is 0 Å². The van der Waals surface area contributed by atoms with Crippen molar-refractivity contribution in [3.63, 3.8) is 0 Å². The number of nitrogens with zero attached hydrogens (tertiary/aromatic N) is 3. The summed E-state index contributed by atoms with van der Waals surface area (Å²) in [5.74, 6) is 0. The Labute approximate surface area is 101 Å². The number of aliphatic hydroxyl groups is 1. The maximum atomic E-state index is 12.5. The second-order valence-corrected chi connectivity index (χ2v) is 3.73. The molecule has 4 nitrogen and oxygen atoms in total. The highest BCUT2D eigenvalue weighted by Crippen LogP contribution is 2.29. The van der Waals surface area contributed by atoms with Gasteiger partial charge in [0.2, 0.25) is 0 Å². The molecule has 0 saturated heterocycles. The van der Waals surface area contributed by atoms with Crippen LogP contribution in [0.5, 0.6) is 0 Å². The number of hydrogen-bond donors (Lipinski definition) is 1. The Kier molecular flexibility index (Phi) is 3.08. The van der Waals surface area contributed by atoms with Gasteiger partial charge in [0.15, 0.2) is 0 Å². The SMILES string of the molecule is Cn1nccc1C(O)c1cccc(C(F)(F)F)n1. The van der Waals surface area contributed by atoms with Crippen LogP contribution in [0.2, 0.25) is 0 Å². The average molecular weight is 257 g/mol. The predicted octanol–water partition coefficient (Wildman–Crippen LogP) is 1.92. The van der Waals surface area contributed by atoms with Gasteiger partial charge in [0.05, 0.1) is 11.4 Å². The van der Waals surface area contributed by atoms with Gasteiger partial charge in [-0.1, -0.05) is 6.07 Å². The molecule has 1 unspecified atom stereocenters. The Hall–Kier alpha value is -1.89. The van der Waals surface area contributed by atoms with Gasteiger partial charge in [-0.05, 0) is 18.2 Å². The molecule has 18 heavy (non-hydrogen) atoms. The van der Waals surface area contributed by atoms with Crippen LogP contribution >= 0.6 is 0 Å². The van der Waals surface area contributed by atoms with Crippen molar-refractivity contribution in [2.24, 2.45) is 7.05 Å². The summed E-state index contributed by atoms with van der Waals surface area (Å²) in [4.78, 5) is 3.42. The largest absolute Gasteiger partial charge is 0.433 e.